The molecule has 2 rings (SSSR count). The third-order valence-electron chi connectivity index (χ3n) is 2.94. The van der Waals surface area contributed by atoms with E-state index in [-0.39, 0.29) is 18.0 Å². The van der Waals surface area contributed by atoms with Gasteiger partial charge in [0.2, 0.25) is 5.82 Å². The molecule has 2 aromatic rings. The number of hydrogen-bond acceptors (Lipinski definition) is 3. The highest BCUT2D eigenvalue weighted by molar-refractivity contribution is 5.53. The van der Waals surface area contributed by atoms with Gasteiger partial charge in [0.1, 0.15) is 11.6 Å². The second kappa shape index (κ2) is 5.82. The number of nitrogens with one attached hydrogen (secondary N) is 1. The molecule has 0 spiro atoms. The summed E-state index contributed by atoms with van der Waals surface area (Å²) >= 11 is 0. The molecule has 0 atom stereocenters. The Bertz CT molecular complexity index is 705. The van der Waals surface area contributed by atoms with Gasteiger partial charge in [0.05, 0.1) is 10.6 Å². The fourth-order valence-electron chi connectivity index (χ4n) is 1.83. The minimum Gasteiger partial charge on any atom is -0.378 e. The van der Waals surface area contributed by atoms with Crippen molar-refractivity contribution in [1.82, 2.24) is 0 Å². The number of hydrogen-bond donors (Lipinski definition) is 1. The molecule has 2 aromatic carbocycles. The zero-order valence-electron chi connectivity index (χ0n) is 11.0. The first-order valence-corrected chi connectivity index (χ1v) is 6.01. The summed E-state index contributed by atoms with van der Waals surface area (Å²) in [6, 6.07) is 5.59. The Kier molecular flexibility index (Phi) is 4.11. The predicted molar refractivity (Wildman–Crippen MR) is 71.5 cm³/mol. The summed E-state index contributed by atoms with van der Waals surface area (Å²) in [7, 11) is 0. The van der Waals surface area contributed by atoms with E-state index in [0.717, 1.165) is 6.07 Å². The molecule has 0 unspecified atom stereocenters. The van der Waals surface area contributed by atoms with Crippen LogP contribution in [0.1, 0.15) is 11.1 Å². The van der Waals surface area contributed by atoms with Gasteiger partial charge < -0.3 is 5.32 Å². The summed E-state index contributed by atoms with van der Waals surface area (Å²) in [5.41, 5.74) is 0.0967. The Morgan fingerprint density at radius 2 is 1.81 bits per heavy atom. The van der Waals surface area contributed by atoms with Gasteiger partial charge in [0.15, 0.2) is 0 Å². The van der Waals surface area contributed by atoms with Gasteiger partial charge >= 0.3 is 5.69 Å². The Morgan fingerprint density at radius 1 is 1.10 bits per heavy atom. The lowest BCUT2D eigenvalue weighted by atomic mass is 10.1. The zero-order valence-corrected chi connectivity index (χ0v) is 11.0. The van der Waals surface area contributed by atoms with Crippen LogP contribution in [0.2, 0.25) is 0 Å². The number of anilines is 1. The number of rotatable bonds is 4. The lowest BCUT2D eigenvalue weighted by Gasteiger charge is -2.09. The SMILES string of the molecule is Cc1cc(CNc2cc([N+](=O)[O-])c(F)cc2F)ccc1F. The molecule has 4 nitrogen and oxygen atoms in total. The monoisotopic (exact) mass is 296 g/mol. The maximum absolute atomic E-state index is 13.6. The van der Waals surface area contributed by atoms with E-state index < -0.39 is 22.2 Å². The van der Waals surface area contributed by atoms with Gasteiger partial charge in [-0.25, -0.2) is 8.78 Å². The molecule has 0 fully saturated rings. The van der Waals surface area contributed by atoms with Crippen molar-refractivity contribution in [3.63, 3.8) is 0 Å². The lowest BCUT2D eigenvalue weighted by molar-refractivity contribution is -0.387. The highest BCUT2D eigenvalue weighted by atomic mass is 19.1. The van der Waals surface area contributed by atoms with Gasteiger partial charge in [-0.05, 0) is 24.1 Å². The number of nitro groups is 1. The van der Waals surface area contributed by atoms with Crippen LogP contribution < -0.4 is 5.32 Å². The number of aryl methyl sites for hydroxylation is 1. The van der Waals surface area contributed by atoms with Crippen molar-refractivity contribution in [3.8, 4) is 0 Å². The lowest BCUT2D eigenvalue weighted by Crippen LogP contribution is -2.04. The molecule has 0 bridgehead atoms. The Morgan fingerprint density at radius 3 is 2.43 bits per heavy atom. The second-order valence-electron chi connectivity index (χ2n) is 4.48. The molecule has 0 saturated carbocycles. The van der Waals surface area contributed by atoms with Crippen LogP contribution in [0, 0.1) is 34.5 Å². The van der Waals surface area contributed by atoms with Crippen molar-refractivity contribution in [1.29, 1.82) is 0 Å². The summed E-state index contributed by atoms with van der Waals surface area (Å²) in [4.78, 5) is 9.69. The van der Waals surface area contributed by atoms with E-state index in [0.29, 0.717) is 17.2 Å². The van der Waals surface area contributed by atoms with Crippen molar-refractivity contribution in [2.45, 2.75) is 13.5 Å². The largest absolute Gasteiger partial charge is 0.378 e. The van der Waals surface area contributed by atoms with Crippen LogP contribution in [0.3, 0.4) is 0 Å². The van der Waals surface area contributed by atoms with Gasteiger partial charge in [-0.15, -0.1) is 0 Å². The van der Waals surface area contributed by atoms with E-state index in [9.17, 15) is 23.3 Å². The van der Waals surface area contributed by atoms with Gasteiger partial charge in [-0.3, -0.25) is 10.1 Å². The van der Waals surface area contributed by atoms with E-state index in [2.05, 4.69) is 5.32 Å². The molecule has 1 N–H and O–H groups in total. The van der Waals surface area contributed by atoms with Gasteiger partial charge in [-0.2, -0.15) is 4.39 Å². The molecule has 0 aromatic heterocycles. The second-order valence-corrected chi connectivity index (χ2v) is 4.48. The summed E-state index contributed by atoms with van der Waals surface area (Å²) in [5.74, 6) is -2.53. The van der Waals surface area contributed by atoms with E-state index in [1.165, 1.54) is 12.1 Å². The molecule has 7 heteroatoms. The first kappa shape index (κ1) is 14.8. The molecular weight excluding hydrogens is 285 g/mol. The summed E-state index contributed by atoms with van der Waals surface area (Å²) in [6.07, 6.45) is 0. The summed E-state index contributed by atoms with van der Waals surface area (Å²) in [5, 5.41) is 13.2. The summed E-state index contributed by atoms with van der Waals surface area (Å²) < 4.78 is 39.9. The maximum atomic E-state index is 13.6. The van der Waals surface area contributed by atoms with E-state index in [1.807, 2.05) is 0 Å². The third-order valence-corrected chi connectivity index (χ3v) is 2.94. The van der Waals surface area contributed by atoms with Gasteiger partial charge in [0, 0.05) is 18.7 Å². The van der Waals surface area contributed by atoms with Crippen LogP contribution in [0.25, 0.3) is 0 Å². The molecular formula is C14H11F3N2O2. The predicted octanol–water partition coefficient (Wildman–Crippen LogP) is 3.93. The molecule has 0 aliphatic rings. The molecule has 110 valence electrons. The Hall–Kier alpha value is -2.57. The number of halogens is 3. The van der Waals surface area contributed by atoms with Crippen LogP contribution in [0.5, 0.6) is 0 Å². The molecule has 0 heterocycles. The van der Waals surface area contributed by atoms with Crippen LogP contribution in [-0.4, -0.2) is 4.92 Å². The minimum absolute atomic E-state index is 0.126. The van der Waals surface area contributed by atoms with Crippen molar-refractivity contribution in [3.05, 3.63) is 69.0 Å². The van der Waals surface area contributed by atoms with Crippen LogP contribution in [-0.2, 0) is 6.54 Å². The molecule has 0 amide bonds. The fourth-order valence-corrected chi connectivity index (χ4v) is 1.83. The quantitative estimate of drug-likeness (QED) is 0.687. The first-order valence-electron chi connectivity index (χ1n) is 6.01. The number of nitro benzene ring substituents is 1. The zero-order chi connectivity index (χ0) is 15.6. The van der Waals surface area contributed by atoms with Crippen molar-refractivity contribution >= 4 is 11.4 Å². The van der Waals surface area contributed by atoms with E-state index in [1.54, 1.807) is 13.0 Å². The average Bonchev–Trinajstić information content (AvgIpc) is 2.41. The van der Waals surface area contributed by atoms with Crippen LogP contribution in [0.15, 0.2) is 30.3 Å². The molecule has 0 radical (unpaired) electrons. The molecule has 21 heavy (non-hydrogen) atoms. The maximum Gasteiger partial charge on any atom is 0.307 e. The first-order chi connectivity index (χ1) is 9.88. The normalized spacial score (nSPS) is 10.5. The number of benzene rings is 2. The fraction of sp³-hybridized carbons (Fsp3) is 0.143. The molecule has 0 saturated heterocycles. The topological polar surface area (TPSA) is 55.2 Å². The number of nitrogens with zero attached hydrogens (tertiary/aromatic N) is 1. The highest BCUT2D eigenvalue weighted by Crippen LogP contribution is 2.25. The highest BCUT2D eigenvalue weighted by Gasteiger charge is 2.18. The Balaban J connectivity index is 2.21. The van der Waals surface area contributed by atoms with Crippen LogP contribution in [0.4, 0.5) is 24.5 Å². The Labute approximate surface area is 118 Å². The van der Waals surface area contributed by atoms with Crippen molar-refractivity contribution in [2.75, 3.05) is 5.32 Å². The smallest absolute Gasteiger partial charge is 0.307 e. The third kappa shape index (κ3) is 3.31. The van der Waals surface area contributed by atoms with Crippen LogP contribution >= 0.6 is 0 Å². The summed E-state index contributed by atoms with van der Waals surface area (Å²) in [6.45, 7) is 1.71. The molecule has 0 aliphatic heterocycles. The minimum atomic E-state index is -1.24. The van der Waals surface area contributed by atoms with E-state index >= 15 is 0 Å². The van der Waals surface area contributed by atoms with Crippen molar-refractivity contribution in [2.24, 2.45) is 0 Å². The standard InChI is InChI=1S/C14H11F3N2O2/c1-8-4-9(2-3-10(8)15)7-18-13-6-14(19(20)21)12(17)5-11(13)16/h2-6,18H,7H2,1H3. The van der Waals surface area contributed by atoms with Gasteiger partial charge in [0.25, 0.3) is 0 Å². The molecule has 0 aliphatic carbocycles. The van der Waals surface area contributed by atoms with Gasteiger partial charge in [-0.1, -0.05) is 12.1 Å². The van der Waals surface area contributed by atoms with Crippen molar-refractivity contribution < 1.29 is 18.1 Å². The average molecular weight is 296 g/mol. The van der Waals surface area contributed by atoms with E-state index in [4.69, 9.17) is 0 Å².